The molecule has 1 N–H and O–H groups in total. The van der Waals surface area contributed by atoms with E-state index in [1.165, 1.54) is 0 Å². The first-order chi connectivity index (χ1) is 10.2. The molecule has 8 heteroatoms. The van der Waals surface area contributed by atoms with E-state index in [4.69, 9.17) is 4.74 Å². The summed E-state index contributed by atoms with van der Waals surface area (Å²) in [5, 5.41) is 2.78. The Labute approximate surface area is 135 Å². The second kappa shape index (κ2) is 7.77. The minimum Gasteiger partial charge on any atom is -0.360 e. The first-order valence-corrected chi connectivity index (χ1v) is 8.72. The molecule has 0 aliphatic rings. The number of rotatable bonds is 7. The van der Waals surface area contributed by atoms with Gasteiger partial charge in [0.1, 0.15) is 16.9 Å². The number of thioether (sulfide) groups is 1. The molecule has 0 unspecified atom stereocenters. The average molecular weight is 373 g/mol. The molecule has 0 atom stereocenters. The fraction of sp³-hybridized carbons (Fsp3) is 0.462. The van der Waals surface area contributed by atoms with Crippen LogP contribution in [0.1, 0.15) is 17.3 Å². The van der Waals surface area contributed by atoms with Crippen LogP contribution in [-0.4, -0.2) is 45.6 Å². The van der Waals surface area contributed by atoms with E-state index in [1.54, 1.807) is 28.7 Å². The number of nitrogens with one attached hydrogen (secondary N) is 1. The minimum atomic E-state index is -0.155. The smallest absolute Gasteiger partial charge is 0.255 e. The first-order valence-electron chi connectivity index (χ1n) is 6.53. The van der Waals surface area contributed by atoms with Crippen LogP contribution >= 0.6 is 27.7 Å². The Morgan fingerprint density at radius 1 is 1.57 bits per heavy atom. The van der Waals surface area contributed by atoms with Gasteiger partial charge < -0.3 is 14.6 Å². The third kappa shape index (κ3) is 3.96. The molecule has 0 saturated carbocycles. The molecule has 0 saturated heterocycles. The Balaban J connectivity index is 2.30. The van der Waals surface area contributed by atoms with Gasteiger partial charge in [-0.05, 0) is 29.1 Å². The summed E-state index contributed by atoms with van der Waals surface area (Å²) in [4.78, 5) is 20.8. The average Bonchev–Trinajstić information content (AvgIpc) is 2.82. The number of amides is 1. The summed E-state index contributed by atoms with van der Waals surface area (Å²) in [5.74, 6) is 0.775. The number of halogens is 1. The van der Waals surface area contributed by atoms with E-state index in [0.717, 1.165) is 5.75 Å². The van der Waals surface area contributed by atoms with Crippen LogP contribution in [0, 0.1) is 0 Å². The monoisotopic (exact) mass is 372 g/mol. The molecule has 1 amide bonds. The Bertz CT molecular complexity index is 632. The van der Waals surface area contributed by atoms with Crippen LogP contribution in [0.3, 0.4) is 0 Å². The number of hydrogen-bond acceptors (Lipinski definition) is 5. The Hall–Kier alpha value is -1.12. The minimum absolute atomic E-state index is 0.155. The van der Waals surface area contributed by atoms with E-state index >= 15 is 0 Å². The number of fused-ring (bicyclic) bond motifs is 1. The summed E-state index contributed by atoms with van der Waals surface area (Å²) in [7, 11) is 0. The zero-order chi connectivity index (χ0) is 15.2. The van der Waals surface area contributed by atoms with Gasteiger partial charge in [0, 0.05) is 18.5 Å². The summed E-state index contributed by atoms with van der Waals surface area (Å²) >= 11 is 5.02. The number of carbonyl (C=O) groups is 1. The maximum Gasteiger partial charge on any atom is 0.255 e. The summed E-state index contributed by atoms with van der Waals surface area (Å²) in [6.45, 7) is 3.45. The second-order valence-electron chi connectivity index (χ2n) is 4.27. The molecule has 21 heavy (non-hydrogen) atoms. The Kier molecular flexibility index (Phi) is 6.01. The predicted molar refractivity (Wildman–Crippen MR) is 87.6 cm³/mol. The summed E-state index contributed by atoms with van der Waals surface area (Å²) in [5.41, 5.74) is 1.72. The van der Waals surface area contributed by atoms with Gasteiger partial charge >= 0.3 is 0 Å². The van der Waals surface area contributed by atoms with Crippen molar-refractivity contribution in [1.82, 2.24) is 19.9 Å². The number of carbonyl (C=O) groups excluding carboxylic acids is 1. The van der Waals surface area contributed by atoms with Gasteiger partial charge in [0.25, 0.3) is 5.91 Å². The number of hydrogen-bond donors (Lipinski definition) is 1. The van der Waals surface area contributed by atoms with Crippen molar-refractivity contribution < 1.29 is 9.53 Å². The van der Waals surface area contributed by atoms with E-state index in [1.807, 2.05) is 13.2 Å². The lowest BCUT2D eigenvalue weighted by molar-refractivity contribution is 0.0916. The zero-order valence-corrected chi connectivity index (χ0v) is 14.3. The Morgan fingerprint density at radius 3 is 3.10 bits per heavy atom. The molecule has 0 bridgehead atoms. The summed E-state index contributed by atoms with van der Waals surface area (Å²) in [6, 6.07) is 0. The van der Waals surface area contributed by atoms with Crippen molar-refractivity contribution in [3.05, 3.63) is 22.6 Å². The normalized spacial score (nSPS) is 11.0. The molecule has 6 nitrogen and oxygen atoms in total. The van der Waals surface area contributed by atoms with Gasteiger partial charge in [0.05, 0.1) is 18.4 Å². The molecule has 0 radical (unpaired) electrons. The van der Waals surface area contributed by atoms with Crippen molar-refractivity contribution in [2.75, 3.05) is 25.2 Å². The van der Waals surface area contributed by atoms with Crippen molar-refractivity contribution >= 4 is 44.8 Å². The third-order valence-electron chi connectivity index (χ3n) is 2.78. The van der Waals surface area contributed by atoms with Crippen molar-refractivity contribution in [2.45, 2.75) is 13.7 Å². The molecule has 0 fully saturated rings. The quantitative estimate of drug-likeness (QED) is 0.755. The van der Waals surface area contributed by atoms with Crippen molar-refractivity contribution in [3.63, 3.8) is 0 Å². The van der Waals surface area contributed by atoms with Gasteiger partial charge in [0.15, 0.2) is 5.65 Å². The highest BCUT2D eigenvalue weighted by Gasteiger charge is 2.17. The highest BCUT2D eigenvalue weighted by molar-refractivity contribution is 9.10. The summed E-state index contributed by atoms with van der Waals surface area (Å²) < 4.78 is 7.99. The maximum atomic E-state index is 12.1. The molecule has 0 aliphatic carbocycles. The third-order valence-corrected chi connectivity index (χ3v) is 3.74. The van der Waals surface area contributed by atoms with Crippen LogP contribution in [0.4, 0.5) is 0 Å². The maximum absolute atomic E-state index is 12.1. The Morgan fingerprint density at radius 2 is 2.38 bits per heavy atom. The van der Waals surface area contributed by atoms with Crippen LogP contribution in [0.2, 0.25) is 0 Å². The zero-order valence-electron chi connectivity index (χ0n) is 11.9. The van der Waals surface area contributed by atoms with E-state index in [2.05, 4.69) is 31.2 Å². The van der Waals surface area contributed by atoms with Crippen LogP contribution < -0.4 is 5.32 Å². The molecule has 2 aromatic heterocycles. The van der Waals surface area contributed by atoms with Crippen molar-refractivity contribution in [3.8, 4) is 0 Å². The van der Waals surface area contributed by atoms with Gasteiger partial charge in [-0.15, -0.1) is 0 Å². The number of ether oxygens (including phenoxy) is 1. The van der Waals surface area contributed by atoms with E-state index in [0.29, 0.717) is 41.2 Å². The molecule has 114 valence electrons. The standard InChI is InChI=1S/C13H17BrN4O2S/c1-3-15-13(19)9-7-18(8-20-4-5-21-2)12-11(9)17-10(14)6-16-12/h6-7H,3-5,8H2,1-2H3,(H,15,19). The van der Waals surface area contributed by atoms with Gasteiger partial charge in [0.2, 0.25) is 0 Å². The molecular formula is C13H17BrN4O2S. The molecule has 2 rings (SSSR count). The van der Waals surface area contributed by atoms with Crippen LogP contribution in [0.15, 0.2) is 17.0 Å². The largest absolute Gasteiger partial charge is 0.360 e. The lowest BCUT2D eigenvalue weighted by atomic mass is 10.3. The lowest BCUT2D eigenvalue weighted by Gasteiger charge is -2.05. The number of nitrogens with zero attached hydrogens (tertiary/aromatic N) is 3. The second-order valence-corrected chi connectivity index (χ2v) is 6.07. The van der Waals surface area contributed by atoms with Gasteiger partial charge in [-0.3, -0.25) is 4.79 Å². The molecule has 0 aromatic carbocycles. The van der Waals surface area contributed by atoms with E-state index in [9.17, 15) is 4.79 Å². The van der Waals surface area contributed by atoms with Gasteiger partial charge in [-0.1, -0.05) is 0 Å². The van der Waals surface area contributed by atoms with Crippen LogP contribution in [0.25, 0.3) is 11.2 Å². The van der Waals surface area contributed by atoms with Gasteiger partial charge in [-0.25, -0.2) is 9.97 Å². The van der Waals surface area contributed by atoms with Crippen LogP contribution in [0.5, 0.6) is 0 Å². The molecule has 0 aliphatic heterocycles. The number of aromatic nitrogens is 3. The highest BCUT2D eigenvalue weighted by atomic mass is 79.9. The molecule has 2 aromatic rings. The molecule has 0 spiro atoms. The van der Waals surface area contributed by atoms with E-state index in [-0.39, 0.29) is 5.91 Å². The molecular weight excluding hydrogens is 356 g/mol. The van der Waals surface area contributed by atoms with Crippen molar-refractivity contribution in [1.29, 1.82) is 0 Å². The topological polar surface area (TPSA) is 69.0 Å². The highest BCUT2D eigenvalue weighted by Crippen LogP contribution is 2.20. The fourth-order valence-electron chi connectivity index (χ4n) is 1.86. The molecule has 2 heterocycles. The predicted octanol–water partition coefficient (Wildman–Crippen LogP) is 2.28. The lowest BCUT2D eigenvalue weighted by Crippen LogP contribution is -2.22. The van der Waals surface area contributed by atoms with Crippen LogP contribution in [-0.2, 0) is 11.5 Å². The van der Waals surface area contributed by atoms with E-state index < -0.39 is 0 Å². The summed E-state index contributed by atoms with van der Waals surface area (Å²) in [6.07, 6.45) is 5.38. The SMILES string of the molecule is CCNC(=O)c1cn(COCCSC)c2ncc(Br)nc12. The fourth-order valence-corrected chi connectivity index (χ4v) is 2.42. The van der Waals surface area contributed by atoms with Gasteiger partial charge in [-0.2, -0.15) is 11.8 Å². The first kappa shape index (κ1) is 16.3. The van der Waals surface area contributed by atoms with Crippen molar-refractivity contribution in [2.24, 2.45) is 0 Å².